The number of likely N-dealkylation sites (N-methyl/N-ethyl adjacent to an activating group) is 2. The molecule has 73 heavy (non-hydrogen) atoms. The summed E-state index contributed by atoms with van der Waals surface area (Å²) in [5.74, 6) is -6.39. The first-order valence-corrected chi connectivity index (χ1v) is 26.5. The second-order valence-corrected chi connectivity index (χ2v) is 21.4. The number of carbonyl (C=O) groups excluding carboxylic acids is 8. The van der Waals surface area contributed by atoms with Gasteiger partial charge in [-0.2, -0.15) is 0 Å². The molecule has 0 saturated carbocycles. The monoisotopic (exact) mass is 1030 g/mol. The van der Waals surface area contributed by atoms with Crippen LogP contribution >= 0.6 is 0 Å². The number of aliphatic hydroxyl groups is 1. The minimum absolute atomic E-state index is 0.00414. The maximum absolute atomic E-state index is 14.8. The minimum atomic E-state index is -1.38. The van der Waals surface area contributed by atoms with Crippen LogP contribution in [0.4, 0.5) is 4.79 Å². The number of cyclic esters (lactones) is 2. The number of Topliss-reactive ketones (excluding diaryl/α,β-unsaturated/α-hetero) is 1. The maximum Gasteiger partial charge on any atom is 0.329 e. The predicted octanol–water partition coefficient (Wildman–Crippen LogP) is 4.40. The van der Waals surface area contributed by atoms with Gasteiger partial charge in [-0.05, 0) is 87.3 Å². The standard InChI is InChI=1S/C54H89N7O12/c1-15-17-24-55-54(70)60(13)42(27-32(5)6)50(66)58-40-30-56-46(34(9)16-2)44(62)29-45(63)73-48(33(7)8)47(64)35(10)49(65)57-39(26-31(3)4)51(67)61-25-18-19-41(61)52(68)59(12)43(53(69)72-36(40)11)28-37-20-22-38(71-14)23-21-37/h20-23,31-36,39-44,46,48,56,62H,15-19,24-30H2,1-14H3,(H,55,70)(H,57,65)(H,58,66)/t34-,35-,36+,39-,40+,41-,42+,43-,44-,46+,48-/m0/s1. The largest absolute Gasteiger partial charge is 0.497 e. The van der Waals surface area contributed by atoms with E-state index in [1.165, 1.54) is 35.8 Å². The van der Waals surface area contributed by atoms with Crippen molar-refractivity contribution in [3.05, 3.63) is 29.8 Å². The first-order chi connectivity index (χ1) is 34.4. The van der Waals surface area contributed by atoms with E-state index in [-0.39, 0.29) is 50.1 Å². The van der Waals surface area contributed by atoms with Crippen LogP contribution in [0.2, 0.25) is 0 Å². The van der Waals surface area contributed by atoms with Gasteiger partial charge in [-0.3, -0.25) is 28.8 Å². The molecule has 2 heterocycles. The Bertz CT molecular complexity index is 2000. The summed E-state index contributed by atoms with van der Waals surface area (Å²) < 4.78 is 17.4. The Morgan fingerprint density at radius 2 is 1.60 bits per heavy atom. The van der Waals surface area contributed by atoms with E-state index in [0.717, 1.165) is 12.8 Å². The second kappa shape index (κ2) is 29.6. The molecule has 19 nitrogen and oxygen atoms in total. The first-order valence-electron chi connectivity index (χ1n) is 26.5. The molecule has 2 aliphatic rings. The summed E-state index contributed by atoms with van der Waals surface area (Å²) in [4.78, 5) is 118. The molecule has 2 aliphatic heterocycles. The average Bonchev–Trinajstić information content (AvgIpc) is 3.84. The van der Waals surface area contributed by atoms with Gasteiger partial charge in [0.2, 0.25) is 23.6 Å². The number of urea groups is 1. The lowest BCUT2D eigenvalue weighted by molar-refractivity contribution is -0.162. The highest BCUT2D eigenvalue weighted by atomic mass is 16.6. The van der Waals surface area contributed by atoms with Crippen molar-refractivity contribution in [3.63, 3.8) is 0 Å². The summed E-state index contributed by atoms with van der Waals surface area (Å²) in [5.41, 5.74) is 0.669. The van der Waals surface area contributed by atoms with Gasteiger partial charge in [-0.15, -0.1) is 0 Å². The van der Waals surface area contributed by atoms with Crippen molar-refractivity contribution in [1.82, 2.24) is 36.0 Å². The van der Waals surface area contributed by atoms with Gasteiger partial charge in [0.1, 0.15) is 36.0 Å². The van der Waals surface area contributed by atoms with Gasteiger partial charge in [0, 0.05) is 46.2 Å². The number of hydrogen-bond acceptors (Lipinski definition) is 13. The molecule has 0 spiro atoms. The molecule has 2 saturated heterocycles. The quantitative estimate of drug-likeness (QED) is 0.0878. The number of nitrogens with one attached hydrogen (secondary N) is 4. The van der Waals surface area contributed by atoms with Crippen LogP contribution < -0.4 is 26.0 Å². The first kappa shape index (κ1) is 62.0. The SMILES string of the molecule is CCCCNC(=O)N(C)[C@H](CC(C)C)C(=O)N[C@@H]1CN[C@H]([C@@H](C)CC)[C@@H](O)CC(=O)O[C@@H](C(C)C)C(=O)[C@H](C)C(=O)N[C@@H](CC(C)C)C(=O)N2CCC[C@H]2C(=O)N(C)[C@@H](Cc2ccc(OC)cc2)C(=O)O[C@@H]1C. The van der Waals surface area contributed by atoms with E-state index in [0.29, 0.717) is 37.1 Å². The zero-order chi connectivity index (χ0) is 54.9. The van der Waals surface area contributed by atoms with Gasteiger partial charge < -0.3 is 55.3 Å². The number of benzene rings is 1. The van der Waals surface area contributed by atoms with E-state index in [2.05, 4.69) is 21.3 Å². The van der Waals surface area contributed by atoms with Crippen LogP contribution in [-0.4, -0.2) is 163 Å². The maximum atomic E-state index is 14.8. The zero-order valence-electron chi connectivity index (χ0n) is 46.2. The molecule has 0 radical (unpaired) electrons. The van der Waals surface area contributed by atoms with E-state index in [1.807, 2.05) is 48.5 Å². The fourth-order valence-corrected chi connectivity index (χ4v) is 9.33. The Morgan fingerprint density at radius 1 is 0.945 bits per heavy atom. The van der Waals surface area contributed by atoms with Gasteiger partial charge in [-0.1, -0.05) is 87.3 Å². The molecule has 0 bridgehead atoms. The van der Waals surface area contributed by atoms with Crippen molar-refractivity contribution >= 4 is 47.4 Å². The van der Waals surface area contributed by atoms with Gasteiger partial charge in [-0.25, -0.2) is 9.59 Å². The number of carbonyl (C=O) groups is 8. The molecule has 11 atom stereocenters. The molecule has 1 aromatic carbocycles. The van der Waals surface area contributed by atoms with Crippen molar-refractivity contribution in [3.8, 4) is 5.75 Å². The number of esters is 2. The summed E-state index contributed by atoms with van der Waals surface area (Å²) in [6, 6.07) is 0.454. The number of methoxy groups -OCH3 is 1. The number of ether oxygens (including phenoxy) is 3. The Balaban J connectivity index is 2.23. The molecule has 5 N–H and O–H groups in total. The molecule has 0 aromatic heterocycles. The number of ketones is 1. The fourth-order valence-electron chi connectivity index (χ4n) is 9.33. The summed E-state index contributed by atoms with van der Waals surface area (Å²) in [6.45, 7) is 20.3. The third-order valence-electron chi connectivity index (χ3n) is 14.2. The molecule has 0 unspecified atom stereocenters. The van der Waals surface area contributed by atoms with Crippen molar-refractivity contribution < 1.29 is 57.7 Å². The van der Waals surface area contributed by atoms with Crippen LogP contribution in [0.1, 0.15) is 133 Å². The Kier molecular flexibility index (Phi) is 25.1. The van der Waals surface area contributed by atoms with Crippen LogP contribution in [0.5, 0.6) is 5.75 Å². The van der Waals surface area contributed by atoms with Crippen LogP contribution in [-0.2, 0) is 49.5 Å². The highest BCUT2D eigenvalue weighted by Crippen LogP contribution is 2.26. The van der Waals surface area contributed by atoms with E-state index in [1.54, 1.807) is 52.1 Å². The highest BCUT2D eigenvalue weighted by Gasteiger charge is 2.44. The second-order valence-electron chi connectivity index (χ2n) is 21.4. The molecule has 3 rings (SSSR count). The number of fused-ring (bicyclic) bond motifs is 1. The summed E-state index contributed by atoms with van der Waals surface area (Å²) in [7, 11) is 4.57. The summed E-state index contributed by atoms with van der Waals surface area (Å²) in [6.07, 6.45) is -0.987. The van der Waals surface area contributed by atoms with Gasteiger partial charge >= 0.3 is 18.0 Å². The normalized spacial score (nSPS) is 26.5. The Labute approximate surface area is 434 Å². The number of unbranched alkanes of at least 4 members (excludes halogenated alkanes) is 1. The molecule has 6 amide bonds. The predicted molar refractivity (Wildman–Crippen MR) is 277 cm³/mol. The fraction of sp³-hybridized carbons (Fsp3) is 0.741. The van der Waals surface area contributed by atoms with Crippen molar-refractivity contribution in [2.24, 2.45) is 29.6 Å². The molecule has 1 aromatic rings. The van der Waals surface area contributed by atoms with Crippen LogP contribution in [0.15, 0.2) is 24.3 Å². The number of aliphatic hydroxyl groups excluding tert-OH is 1. The van der Waals surface area contributed by atoms with Gasteiger partial charge in [0.25, 0.3) is 0 Å². The van der Waals surface area contributed by atoms with Gasteiger partial charge in [0.15, 0.2) is 11.9 Å². The smallest absolute Gasteiger partial charge is 0.329 e. The Hall–Kier alpha value is -5.30. The lowest BCUT2D eigenvalue weighted by Crippen LogP contribution is -2.59. The number of rotatable bonds is 16. The lowest BCUT2D eigenvalue weighted by Gasteiger charge is -2.36. The number of nitrogens with zero attached hydrogens (tertiary/aromatic N) is 3. The van der Waals surface area contributed by atoms with Crippen LogP contribution in [0, 0.1) is 29.6 Å². The van der Waals surface area contributed by atoms with Crippen molar-refractivity contribution in [2.75, 3.05) is 40.8 Å². The van der Waals surface area contributed by atoms with Crippen LogP contribution in [0.25, 0.3) is 0 Å². The summed E-state index contributed by atoms with van der Waals surface area (Å²) in [5, 5.41) is 23.8. The third kappa shape index (κ3) is 18.0. The van der Waals surface area contributed by atoms with Crippen molar-refractivity contribution in [2.45, 2.75) is 189 Å². The number of amides is 6. The molecule has 2 fully saturated rings. The van der Waals surface area contributed by atoms with E-state index in [4.69, 9.17) is 14.2 Å². The number of hydrogen-bond donors (Lipinski definition) is 5. The Morgan fingerprint density at radius 3 is 2.18 bits per heavy atom. The molecule has 19 heteroatoms. The zero-order valence-corrected chi connectivity index (χ0v) is 46.2. The lowest BCUT2D eigenvalue weighted by atomic mass is 9.91. The van der Waals surface area contributed by atoms with Gasteiger partial charge in [0.05, 0.1) is 31.6 Å². The third-order valence-corrected chi connectivity index (χ3v) is 14.2. The van der Waals surface area contributed by atoms with E-state index in [9.17, 15) is 43.5 Å². The van der Waals surface area contributed by atoms with E-state index >= 15 is 0 Å². The van der Waals surface area contributed by atoms with Crippen molar-refractivity contribution in [1.29, 1.82) is 0 Å². The van der Waals surface area contributed by atoms with Crippen LogP contribution in [0.3, 0.4) is 0 Å². The minimum Gasteiger partial charge on any atom is -0.497 e. The van der Waals surface area contributed by atoms with E-state index < -0.39 is 120 Å². The summed E-state index contributed by atoms with van der Waals surface area (Å²) >= 11 is 0. The molecular formula is C54H89N7O12. The molecular weight excluding hydrogens is 939 g/mol. The molecule has 0 aliphatic carbocycles. The highest BCUT2D eigenvalue weighted by molar-refractivity contribution is 6.05. The topological polar surface area (TPSA) is 242 Å². The molecule has 412 valence electrons. The average molecular weight is 1030 g/mol.